The molecule has 37 heavy (non-hydrogen) atoms. The Labute approximate surface area is 215 Å². The lowest BCUT2D eigenvalue weighted by molar-refractivity contribution is -0.192. The van der Waals surface area contributed by atoms with Crippen molar-refractivity contribution in [1.29, 1.82) is 0 Å². The maximum absolute atomic E-state index is 13.5. The molecule has 206 valence electrons. The average molecular weight is 528 g/mol. The minimum absolute atomic E-state index is 0.102. The van der Waals surface area contributed by atoms with Gasteiger partial charge in [0.2, 0.25) is 5.91 Å². The molecule has 2 atom stereocenters. The average Bonchev–Trinajstić information content (AvgIpc) is 3.08. The van der Waals surface area contributed by atoms with E-state index < -0.39 is 17.6 Å². The first-order valence-electron chi connectivity index (χ1n) is 12.4. The molecule has 0 radical (unpaired) electrons. The Morgan fingerprint density at radius 1 is 1.16 bits per heavy atom. The van der Waals surface area contributed by atoms with Crippen LogP contribution in [-0.2, 0) is 9.59 Å². The third kappa shape index (κ3) is 9.71. The van der Waals surface area contributed by atoms with E-state index in [-0.39, 0.29) is 17.9 Å². The number of aliphatic carboxylic acids is 1. The molecule has 0 bridgehead atoms. The molecule has 0 saturated carbocycles. The second-order valence-corrected chi connectivity index (χ2v) is 9.68. The van der Waals surface area contributed by atoms with Crippen LogP contribution in [0.25, 0.3) is 0 Å². The van der Waals surface area contributed by atoms with Crippen molar-refractivity contribution in [2.75, 3.05) is 26.2 Å². The van der Waals surface area contributed by atoms with E-state index in [1.165, 1.54) is 0 Å². The number of alkyl halides is 3. The zero-order valence-electron chi connectivity index (χ0n) is 21.2. The highest BCUT2D eigenvalue weighted by Gasteiger charge is 2.39. The third-order valence-electron chi connectivity index (χ3n) is 6.26. The zero-order chi connectivity index (χ0) is 27.5. The summed E-state index contributed by atoms with van der Waals surface area (Å²) in [5.41, 5.74) is 0.102. The van der Waals surface area contributed by atoms with Gasteiger partial charge in [0.25, 0.3) is 5.91 Å². The molecular formula is C26H36F3N3O5. The van der Waals surface area contributed by atoms with Crippen LogP contribution in [-0.4, -0.2) is 61.3 Å². The largest absolute Gasteiger partial charge is 0.490 e. The second-order valence-electron chi connectivity index (χ2n) is 9.68. The number of allylic oxidation sites excluding steroid dienone is 1. The lowest BCUT2D eigenvalue weighted by Crippen LogP contribution is -2.50. The summed E-state index contributed by atoms with van der Waals surface area (Å²) in [4.78, 5) is 35.2. The molecule has 4 N–H and O–H groups in total. The number of carboxylic acid groups (broad SMARTS) is 1. The number of halogens is 3. The monoisotopic (exact) mass is 527 g/mol. The molecule has 1 fully saturated rings. The van der Waals surface area contributed by atoms with Gasteiger partial charge in [-0.25, -0.2) is 4.79 Å². The van der Waals surface area contributed by atoms with E-state index in [1.54, 1.807) is 6.07 Å². The summed E-state index contributed by atoms with van der Waals surface area (Å²) in [6.45, 7) is 6.84. The third-order valence-corrected chi connectivity index (χ3v) is 6.26. The Kier molecular flexibility index (Phi) is 11.4. The van der Waals surface area contributed by atoms with E-state index in [0.29, 0.717) is 36.8 Å². The van der Waals surface area contributed by atoms with Crippen LogP contribution in [0.4, 0.5) is 13.2 Å². The zero-order valence-corrected chi connectivity index (χ0v) is 21.2. The maximum atomic E-state index is 13.5. The molecule has 0 aromatic heterocycles. The molecule has 2 heterocycles. The Hall–Kier alpha value is -3.08. The van der Waals surface area contributed by atoms with Gasteiger partial charge in [-0.05, 0) is 63.2 Å². The molecule has 0 aliphatic carbocycles. The lowest BCUT2D eigenvalue weighted by atomic mass is 9.76. The first kappa shape index (κ1) is 30.1. The number of benzene rings is 1. The molecule has 1 spiro atoms. The highest BCUT2D eigenvalue weighted by atomic mass is 19.4. The first-order chi connectivity index (χ1) is 17.4. The SMILES string of the molecule is CC(C)C[C@H]1CNC(=O)c2ccccc2OC/C=C/CC2(CCCNCC2)C(=O)N1.O=C(O)C(F)(F)F. The Balaban J connectivity index is 0.000000604. The van der Waals surface area contributed by atoms with Crippen molar-refractivity contribution in [3.05, 3.63) is 42.0 Å². The van der Waals surface area contributed by atoms with Gasteiger partial charge in [-0.2, -0.15) is 13.2 Å². The molecule has 2 aliphatic rings. The van der Waals surface area contributed by atoms with E-state index in [1.807, 2.05) is 24.3 Å². The number of rotatable bonds is 2. The van der Waals surface area contributed by atoms with Crippen LogP contribution in [0, 0.1) is 11.3 Å². The molecule has 2 amide bonds. The topological polar surface area (TPSA) is 117 Å². The smallest absolute Gasteiger partial charge is 0.489 e. The van der Waals surface area contributed by atoms with Crippen molar-refractivity contribution in [2.24, 2.45) is 11.3 Å². The van der Waals surface area contributed by atoms with Gasteiger partial charge in [-0.1, -0.05) is 38.1 Å². The molecule has 11 heteroatoms. The number of ether oxygens (including phenoxy) is 1. The Morgan fingerprint density at radius 3 is 2.54 bits per heavy atom. The summed E-state index contributed by atoms with van der Waals surface area (Å²) < 4.78 is 37.6. The Morgan fingerprint density at radius 2 is 1.86 bits per heavy atom. The molecule has 1 aromatic rings. The fourth-order valence-corrected chi connectivity index (χ4v) is 4.36. The summed E-state index contributed by atoms with van der Waals surface area (Å²) in [6, 6.07) is 7.19. The number of carboxylic acids is 1. The predicted octanol–water partition coefficient (Wildman–Crippen LogP) is 3.68. The van der Waals surface area contributed by atoms with E-state index in [0.717, 1.165) is 38.8 Å². The van der Waals surface area contributed by atoms with Crippen LogP contribution in [0.15, 0.2) is 36.4 Å². The van der Waals surface area contributed by atoms with Crippen LogP contribution in [0.1, 0.15) is 56.3 Å². The van der Waals surface area contributed by atoms with Gasteiger partial charge in [0.15, 0.2) is 0 Å². The molecule has 3 rings (SSSR count). The van der Waals surface area contributed by atoms with Crippen molar-refractivity contribution >= 4 is 17.8 Å². The molecule has 1 saturated heterocycles. The van der Waals surface area contributed by atoms with E-state index in [9.17, 15) is 22.8 Å². The van der Waals surface area contributed by atoms with Gasteiger partial charge in [0.1, 0.15) is 12.4 Å². The number of hydrogen-bond donors (Lipinski definition) is 4. The number of nitrogens with one attached hydrogen (secondary N) is 3. The number of para-hydroxylation sites is 1. The van der Waals surface area contributed by atoms with Crippen LogP contribution < -0.4 is 20.7 Å². The molecule has 1 unspecified atom stereocenters. The van der Waals surface area contributed by atoms with Crippen LogP contribution in [0.5, 0.6) is 5.75 Å². The standard InChI is InChI=1S/C24H35N3O3.C2HF3O2/c1-18(2)16-19-17-26-22(28)20-8-3-4-9-21(20)30-15-6-5-10-24(23(29)27-19)11-7-13-25-14-12-24;3-2(4,5)1(6)7/h3-6,8-9,18-19,25H,7,10-17H2,1-2H3,(H,26,28)(H,27,29);(H,6,7)/b6-5+;/t19-,24?;/m0./s1. The number of hydrogen-bond acceptors (Lipinski definition) is 5. The highest BCUT2D eigenvalue weighted by molar-refractivity contribution is 5.97. The van der Waals surface area contributed by atoms with Crippen molar-refractivity contribution < 1.29 is 37.4 Å². The minimum atomic E-state index is -5.08. The fraction of sp³-hybridized carbons (Fsp3) is 0.577. The molecule has 8 nitrogen and oxygen atoms in total. The van der Waals surface area contributed by atoms with Crippen molar-refractivity contribution in [3.63, 3.8) is 0 Å². The summed E-state index contributed by atoms with van der Waals surface area (Å²) in [5.74, 6) is -1.84. The summed E-state index contributed by atoms with van der Waals surface area (Å²) in [5, 5.41) is 16.8. The van der Waals surface area contributed by atoms with Crippen LogP contribution in [0.2, 0.25) is 0 Å². The minimum Gasteiger partial charge on any atom is -0.489 e. The van der Waals surface area contributed by atoms with Gasteiger partial charge in [-0.3, -0.25) is 9.59 Å². The predicted molar refractivity (Wildman–Crippen MR) is 132 cm³/mol. The number of carbonyl (C=O) groups is 3. The normalized spacial score (nSPS) is 24.2. The van der Waals surface area contributed by atoms with Gasteiger partial charge >= 0.3 is 12.1 Å². The van der Waals surface area contributed by atoms with Gasteiger partial charge < -0.3 is 25.8 Å². The van der Waals surface area contributed by atoms with Crippen LogP contribution in [0.3, 0.4) is 0 Å². The number of fused-ring (bicyclic) bond motifs is 1. The number of carbonyl (C=O) groups excluding carboxylic acids is 2. The van der Waals surface area contributed by atoms with E-state index in [2.05, 4.69) is 35.9 Å². The quantitative estimate of drug-likeness (QED) is 0.436. The summed E-state index contributed by atoms with van der Waals surface area (Å²) >= 11 is 0. The molecule has 2 aliphatic heterocycles. The maximum Gasteiger partial charge on any atom is 0.490 e. The lowest BCUT2D eigenvalue weighted by Gasteiger charge is -2.33. The summed E-state index contributed by atoms with van der Waals surface area (Å²) in [7, 11) is 0. The molecule has 1 aromatic carbocycles. The van der Waals surface area contributed by atoms with Crippen molar-refractivity contribution in [3.8, 4) is 5.75 Å². The van der Waals surface area contributed by atoms with Gasteiger partial charge in [0, 0.05) is 12.6 Å². The van der Waals surface area contributed by atoms with E-state index in [4.69, 9.17) is 14.6 Å². The molecular weight excluding hydrogens is 491 g/mol. The van der Waals surface area contributed by atoms with Crippen molar-refractivity contribution in [1.82, 2.24) is 16.0 Å². The van der Waals surface area contributed by atoms with Gasteiger partial charge in [0.05, 0.1) is 11.0 Å². The van der Waals surface area contributed by atoms with Crippen molar-refractivity contribution in [2.45, 2.75) is 58.2 Å². The van der Waals surface area contributed by atoms with Crippen LogP contribution >= 0.6 is 0 Å². The Bertz CT molecular complexity index is 942. The second kappa shape index (κ2) is 14.0. The van der Waals surface area contributed by atoms with E-state index >= 15 is 0 Å². The first-order valence-corrected chi connectivity index (χ1v) is 12.4. The number of amides is 2. The summed E-state index contributed by atoms with van der Waals surface area (Å²) in [6.07, 6.45) is 3.11. The highest BCUT2D eigenvalue weighted by Crippen LogP contribution is 2.35. The fourth-order valence-electron chi connectivity index (χ4n) is 4.36. The van der Waals surface area contributed by atoms with Gasteiger partial charge in [-0.15, -0.1) is 0 Å².